The van der Waals surface area contributed by atoms with E-state index in [0.717, 1.165) is 16.8 Å². The maximum Gasteiger partial charge on any atom is 0.407 e. The minimum Gasteiger partial charge on any atom is -0.445 e. The third kappa shape index (κ3) is 7.31. The van der Waals surface area contributed by atoms with E-state index in [1.165, 1.54) is 0 Å². The molecule has 1 aromatic heterocycles. The van der Waals surface area contributed by atoms with E-state index in [2.05, 4.69) is 10.3 Å². The number of aromatic nitrogens is 1. The largest absolute Gasteiger partial charge is 0.445 e. The average molecular weight is 405 g/mol. The molecule has 0 fully saturated rings. The molecule has 30 heavy (non-hydrogen) atoms. The fourth-order valence-electron chi connectivity index (χ4n) is 2.97. The van der Waals surface area contributed by atoms with Crippen LogP contribution in [0.4, 0.5) is 4.79 Å². The monoisotopic (exact) mass is 405 g/mol. The predicted octanol–water partition coefficient (Wildman–Crippen LogP) is 3.46. The number of benzene rings is 2. The second-order valence-corrected chi connectivity index (χ2v) is 7.00. The first-order valence-electron chi connectivity index (χ1n) is 9.95. The highest BCUT2D eigenvalue weighted by Gasteiger charge is 2.22. The van der Waals surface area contributed by atoms with Crippen molar-refractivity contribution >= 4 is 6.09 Å². The molecule has 3 rings (SSSR count). The minimum atomic E-state index is -0.524. The predicted molar refractivity (Wildman–Crippen MR) is 116 cm³/mol. The van der Waals surface area contributed by atoms with E-state index in [-0.39, 0.29) is 19.3 Å². The first-order chi connectivity index (χ1) is 14.7. The number of nitrogens with one attached hydrogen (secondary N) is 1. The smallest absolute Gasteiger partial charge is 0.407 e. The molecule has 2 unspecified atom stereocenters. The van der Waals surface area contributed by atoms with Crippen molar-refractivity contribution in [1.29, 1.82) is 0 Å². The average Bonchev–Trinajstić information content (AvgIpc) is 2.79. The van der Waals surface area contributed by atoms with Crippen molar-refractivity contribution in [3.8, 4) is 0 Å². The van der Waals surface area contributed by atoms with Gasteiger partial charge in [0.25, 0.3) is 0 Å². The van der Waals surface area contributed by atoms with Crippen LogP contribution in [0.3, 0.4) is 0 Å². The maximum absolute atomic E-state index is 12.4. The van der Waals surface area contributed by atoms with Crippen molar-refractivity contribution in [2.45, 2.75) is 31.7 Å². The van der Waals surface area contributed by atoms with Crippen LogP contribution in [0.5, 0.6) is 0 Å². The molecule has 156 valence electrons. The van der Waals surface area contributed by atoms with Crippen molar-refractivity contribution in [2.24, 2.45) is 5.73 Å². The van der Waals surface area contributed by atoms with Crippen LogP contribution < -0.4 is 11.1 Å². The molecule has 2 atom stereocenters. The summed E-state index contributed by atoms with van der Waals surface area (Å²) in [5.41, 5.74) is 9.23. The zero-order valence-corrected chi connectivity index (χ0v) is 16.8. The molecule has 2 aromatic carbocycles. The third-order valence-electron chi connectivity index (χ3n) is 4.61. The van der Waals surface area contributed by atoms with Gasteiger partial charge in [0.1, 0.15) is 6.61 Å². The van der Waals surface area contributed by atoms with Gasteiger partial charge in [0.2, 0.25) is 0 Å². The molecular formula is C24H27N3O3. The highest BCUT2D eigenvalue weighted by atomic mass is 16.5. The highest BCUT2D eigenvalue weighted by Crippen LogP contribution is 2.07. The highest BCUT2D eigenvalue weighted by molar-refractivity contribution is 5.67. The number of hydrogen-bond acceptors (Lipinski definition) is 5. The Morgan fingerprint density at radius 2 is 1.53 bits per heavy atom. The fraction of sp³-hybridized carbons (Fsp3) is 0.250. The Morgan fingerprint density at radius 1 is 0.900 bits per heavy atom. The molecular weight excluding hydrogens is 378 g/mol. The van der Waals surface area contributed by atoms with Crippen LogP contribution in [-0.2, 0) is 29.1 Å². The summed E-state index contributed by atoms with van der Waals surface area (Å²) >= 11 is 0. The molecule has 1 heterocycles. The number of rotatable bonds is 10. The van der Waals surface area contributed by atoms with Gasteiger partial charge in [0, 0.05) is 24.4 Å². The van der Waals surface area contributed by atoms with E-state index < -0.39 is 12.1 Å². The van der Waals surface area contributed by atoms with E-state index in [9.17, 15) is 4.79 Å². The van der Waals surface area contributed by atoms with Crippen molar-refractivity contribution in [1.82, 2.24) is 10.3 Å². The molecule has 3 N–H and O–H groups in total. The molecule has 0 radical (unpaired) electrons. The first kappa shape index (κ1) is 21.5. The Kier molecular flexibility index (Phi) is 8.38. The zero-order chi connectivity index (χ0) is 21.0. The number of nitrogens with two attached hydrogens (primary N) is 1. The van der Waals surface area contributed by atoms with Gasteiger partial charge in [-0.25, -0.2) is 4.79 Å². The summed E-state index contributed by atoms with van der Waals surface area (Å²) in [6.45, 7) is 0.900. The summed E-state index contributed by atoms with van der Waals surface area (Å²) in [6, 6.07) is 24.3. The SMILES string of the molecule is NC(Cc1ccccn1)C(COCc1ccccc1)NC(=O)OCc1ccccc1. The summed E-state index contributed by atoms with van der Waals surface area (Å²) in [6.07, 6.45) is 1.72. The van der Waals surface area contributed by atoms with Crippen LogP contribution in [0.15, 0.2) is 85.1 Å². The van der Waals surface area contributed by atoms with Gasteiger partial charge in [-0.3, -0.25) is 4.98 Å². The van der Waals surface area contributed by atoms with Gasteiger partial charge in [-0.05, 0) is 23.3 Å². The van der Waals surface area contributed by atoms with Gasteiger partial charge in [0.15, 0.2) is 0 Å². The van der Waals surface area contributed by atoms with Crippen LogP contribution in [-0.4, -0.2) is 29.8 Å². The van der Waals surface area contributed by atoms with Crippen molar-refractivity contribution in [2.75, 3.05) is 6.61 Å². The lowest BCUT2D eigenvalue weighted by Crippen LogP contribution is -2.51. The number of alkyl carbamates (subject to hydrolysis) is 1. The normalized spacial score (nSPS) is 12.7. The van der Waals surface area contributed by atoms with E-state index in [1.807, 2.05) is 78.9 Å². The lowest BCUT2D eigenvalue weighted by atomic mass is 10.0. The first-order valence-corrected chi connectivity index (χ1v) is 9.95. The molecule has 3 aromatic rings. The summed E-state index contributed by atoms with van der Waals surface area (Å²) in [5, 5.41) is 2.85. The summed E-state index contributed by atoms with van der Waals surface area (Å²) < 4.78 is 11.2. The molecule has 0 saturated carbocycles. The molecule has 0 aliphatic heterocycles. The molecule has 0 bridgehead atoms. The van der Waals surface area contributed by atoms with Gasteiger partial charge in [-0.2, -0.15) is 0 Å². The second-order valence-electron chi connectivity index (χ2n) is 7.00. The van der Waals surface area contributed by atoms with Crippen LogP contribution in [0.2, 0.25) is 0 Å². The lowest BCUT2D eigenvalue weighted by molar-refractivity contribution is 0.0822. The molecule has 6 nitrogen and oxygen atoms in total. The Balaban J connectivity index is 1.56. The van der Waals surface area contributed by atoms with Crippen molar-refractivity contribution < 1.29 is 14.3 Å². The fourth-order valence-corrected chi connectivity index (χ4v) is 2.97. The number of amides is 1. The molecule has 1 amide bonds. The van der Waals surface area contributed by atoms with E-state index in [0.29, 0.717) is 13.0 Å². The second kappa shape index (κ2) is 11.7. The number of carbonyl (C=O) groups is 1. The number of ether oxygens (including phenoxy) is 2. The van der Waals surface area contributed by atoms with Gasteiger partial charge < -0.3 is 20.5 Å². The number of nitrogens with zero attached hydrogens (tertiary/aromatic N) is 1. The summed E-state index contributed by atoms with van der Waals surface area (Å²) in [4.78, 5) is 16.7. The Labute approximate surface area is 177 Å². The zero-order valence-electron chi connectivity index (χ0n) is 16.8. The minimum absolute atomic E-state index is 0.194. The van der Waals surface area contributed by atoms with Crippen LogP contribution in [0.25, 0.3) is 0 Å². The molecule has 0 aliphatic rings. The van der Waals surface area contributed by atoms with E-state index in [4.69, 9.17) is 15.2 Å². The van der Waals surface area contributed by atoms with Gasteiger partial charge in [-0.1, -0.05) is 66.7 Å². The van der Waals surface area contributed by atoms with Gasteiger partial charge in [0.05, 0.1) is 19.3 Å². The molecule has 0 aliphatic carbocycles. The van der Waals surface area contributed by atoms with Crippen LogP contribution in [0.1, 0.15) is 16.8 Å². The summed E-state index contributed by atoms with van der Waals surface area (Å²) in [5.74, 6) is 0. The van der Waals surface area contributed by atoms with Crippen molar-refractivity contribution in [3.05, 3.63) is 102 Å². The molecule has 6 heteroatoms. The van der Waals surface area contributed by atoms with E-state index in [1.54, 1.807) is 6.20 Å². The summed E-state index contributed by atoms with van der Waals surface area (Å²) in [7, 11) is 0. The van der Waals surface area contributed by atoms with Crippen molar-refractivity contribution in [3.63, 3.8) is 0 Å². The standard InChI is InChI=1S/C24H27N3O3/c25-22(15-21-13-7-8-14-26-21)23(18-29-16-19-9-3-1-4-10-19)27-24(28)30-17-20-11-5-2-6-12-20/h1-14,22-23H,15-18,25H2,(H,27,28). The number of hydrogen-bond donors (Lipinski definition) is 2. The molecule has 0 saturated heterocycles. The lowest BCUT2D eigenvalue weighted by Gasteiger charge is -2.24. The third-order valence-corrected chi connectivity index (χ3v) is 4.61. The maximum atomic E-state index is 12.4. The van der Waals surface area contributed by atoms with E-state index >= 15 is 0 Å². The van der Waals surface area contributed by atoms with Crippen LogP contribution in [0, 0.1) is 0 Å². The quantitative estimate of drug-likeness (QED) is 0.539. The van der Waals surface area contributed by atoms with Gasteiger partial charge >= 0.3 is 6.09 Å². The van der Waals surface area contributed by atoms with Gasteiger partial charge in [-0.15, -0.1) is 0 Å². The number of carbonyl (C=O) groups excluding carboxylic acids is 1. The Hall–Kier alpha value is -3.22. The Morgan fingerprint density at radius 3 is 2.17 bits per heavy atom. The molecule has 0 spiro atoms. The topological polar surface area (TPSA) is 86.5 Å². The Bertz CT molecular complexity index is 876. The number of pyridine rings is 1. The van der Waals surface area contributed by atoms with Crippen LogP contribution >= 0.6 is 0 Å².